The van der Waals surface area contributed by atoms with Gasteiger partial charge in [0.25, 0.3) is 0 Å². The van der Waals surface area contributed by atoms with Crippen LogP contribution in [0.15, 0.2) is 12.3 Å². The van der Waals surface area contributed by atoms with Gasteiger partial charge in [0.2, 0.25) is 5.95 Å². The minimum atomic E-state index is -0.560. The number of pyridine rings is 1. The average Bonchev–Trinajstić information content (AvgIpc) is 2.81. The van der Waals surface area contributed by atoms with Crippen LogP contribution in [-0.2, 0) is 0 Å². The Balaban J connectivity index is 2.21. The van der Waals surface area contributed by atoms with Crippen molar-refractivity contribution in [3.8, 4) is 5.75 Å². The highest BCUT2D eigenvalue weighted by Crippen LogP contribution is 2.31. The predicted octanol–water partition coefficient (Wildman–Crippen LogP) is 2.42. The summed E-state index contributed by atoms with van der Waals surface area (Å²) in [6, 6.07) is 1.21. The lowest BCUT2D eigenvalue weighted by Crippen LogP contribution is -1.97. The van der Waals surface area contributed by atoms with Crippen LogP contribution in [-0.4, -0.2) is 11.1 Å². The molecule has 1 aromatic heterocycles. The summed E-state index contributed by atoms with van der Waals surface area (Å²) in [6.45, 7) is 0. The lowest BCUT2D eigenvalue weighted by Gasteiger charge is -2.04. The van der Waals surface area contributed by atoms with Gasteiger partial charge in [-0.3, -0.25) is 0 Å². The van der Waals surface area contributed by atoms with Crippen LogP contribution in [0.4, 0.5) is 4.39 Å². The van der Waals surface area contributed by atoms with Gasteiger partial charge in [0.05, 0.1) is 12.3 Å². The van der Waals surface area contributed by atoms with Gasteiger partial charge >= 0.3 is 0 Å². The molecular weight excluding hydrogens is 181 g/mol. The van der Waals surface area contributed by atoms with E-state index in [-0.39, 0.29) is 6.10 Å². The first-order valence-corrected chi connectivity index (χ1v) is 4.11. The minimum Gasteiger partial charge on any atom is -0.489 e. The van der Waals surface area contributed by atoms with Crippen molar-refractivity contribution in [1.82, 2.24) is 4.98 Å². The summed E-state index contributed by atoms with van der Waals surface area (Å²) in [7, 11) is 0. The van der Waals surface area contributed by atoms with Crippen LogP contribution in [0.1, 0.15) is 12.8 Å². The highest BCUT2D eigenvalue weighted by Gasteiger charge is 2.24. The number of rotatable bonds is 2. The van der Waals surface area contributed by atoms with E-state index in [0.717, 1.165) is 12.8 Å². The molecule has 0 spiro atoms. The third-order valence-electron chi connectivity index (χ3n) is 1.60. The number of hydrogen-bond donors (Lipinski definition) is 0. The first-order valence-electron chi connectivity index (χ1n) is 3.73. The largest absolute Gasteiger partial charge is 0.489 e. The van der Waals surface area contributed by atoms with Crippen molar-refractivity contribution < 1.29 is 9.13 Å². The van der Waals surface area contributed by atoms with Crippen molar-refractivity contribution in [1.29, 1.82) is 0 Å². The van der Waals surface area contributed by atoms with E-state index in [1.165, 1.54) is 12.3 Å². The fourth-order valence-corrected chi connectivity index (χ4v) is 1.00. The summed E-state index contributed by atoms with van der Waals surface area (Å²) < 4.78 is 17.9. The zero-order chi connectivity index (χ0) is 8.55. The van der Waals surface area contributed by atoms with Gasteiger partial charge in [-0.05, 0) is 12.8 Å². The molecule has 0 bridgehead atoms. The molecule has 0 unspecified atom stereocenters. The maximum atomic E-state index is 12.6. The van der Waals surface area contributed by atoms with Gasteiger partial charge in [-0.1, -0.05) is 11.6 Å². The Morgan fingerprint density at radius 2 is 2.33 bits per heavy atom. The number of aromatic nitrogens is 1. The van der Waals surface area contributed by atoms with Crippen molar-refractivity contribution in [2.75, 3.05) is 0 Å². The Hall–Kier alpha value is -0.830. The molecule has 0 aromatic carbocycles. The molecule has 1 aliphatic carbocycles. The van der Waals surface area contributed by atoms with Crippen LogP contribution < -0.4 is 4.74 Å². The van der Waals surface area contributed by atoms with E-state index in [1.807, 2.05) is 0 Å². The van der Waals surface area contributed by atoms with Crippen molar-refractivity contribution >= 4 is 11.6 Å². The molecule has 1 heterocycles. The number of ether oxygens (including phenoxy) is 1. The molecule has 2 rings (SSSR count). The topological polar surface area (TPSA) is 22.1 Å². The van der Waals surface area contributed by atoms with E-state index in [9.17, 15) is 4.39 Å². The molecule has 0 radical (unpaired) electrons. The molecule has 0 N–H and O–H groups in total. The number of halogens is 2. The van der Waals surface area contributed by atoms with E-state index >= 15 is 0 Å². The predicted molar refractivity (Wildman–Crippen MR) is 42.9 cm³/mol. The van der Waals surface area contributed by atoms with Gasteiger partial charge in [0, 0.05) is 6.07 Å². The van der Waals surface area contributed by atoms with E-state index in [0.29, 0.717) is 10.8 Å². The third kappa shape index (κ3) is 1.67. The summed E-state index contributed by atoms with van der Waals surface area (Å²) in [6.07, 6.45) is 3.54. The molecule has 64 valence electrons. The lowest BCUT2D eigenvalue weighted by atomic mass is 10.4. The van der Waals surface area contributed by atoms with Crippen LogP contribution in [0.25, 0.3) is 0 Å². The van der Waals surface area contributed by atoms with Gasteiger partial charge in [0.15, 0.2) is 0 Å². The van der Waals surface area contributed by atoms with Crippen LogP contribution in [0, 0.1) is 5.95 Å². The second-order valence-electron chi connectivity index (χ2n) is 2.75. The Morgan fingerprint density at radius 3 is 3.00 bits per heavy atom. The molecule has 0 saturated heterocycles. The molecule has 0 atom stereocenters. The molecule has 12 heavy (non-hydrogen) atoms. The number of nitrogens with zero attached hydrogens (tertiary/aromatic N) is 1. The summed E-state index contributed by atoms with van der Waals surface area (Å²) >= 11 is 5.71. The normalized spacial score (nSPS) is 16.2. The maximum Gasteiger partial charge on any atom is 0.216 e. The molecule has 4 heteroatoms. The van der Waals surface area contributed by atoms with Gasteiger partial charge < -0.3 is 4.74 Å². The SMILES string of the molecule is Fc1cc(OC2CC2)c(Cl)cn1. The Labute approximate surface area is 74.3 Å². The Bertz CT molecular complexity index is 301. The van der Waals surface area contributed by atoms with Crippen LogP contribution in [0.2, 0.25) is 5.02 Å². The monoisotopic (exact) mass is 187 g/mol. The highest BCUT2D eigenvalue weighted by atomic mass is 35.5. The average molecular weight is 188 g/mol. The van der Waals surface area contributed by atoms with Crippen LogP contribution >= 0.6 is 11.6 Å². The summed E-state index contributed by atoms with van der Waals surface area (Å²) in [5.74, 6) is -0.165. The number of hydrogen-bond acceptors (Lipinski definition) is 2. The first kappa shape index (κ1) is 7.80. The van der Waals surface area contributed by atoms with Crippen LogP contribution in [0.5, 0.6) is 5.75 Å². The van der Waals surface area contributed by atoms with Crippen molar-refractivity contribution in [2.45, 2.75) is 18.9 Å². The molecule has 1 fully saturated rings. The minimum absolute atomic E-state index is 0.226. The molecule has 0 aliphatic heterocycles. The summed E-state index contributed by atoms with van der Waals surface area (Å²) in [5, 5.41) is 0.364. The Kier molecular flexibility index (Phi) is 1.89. The van der Waals surface area contributed by atoms with E-state index in [1.54, 1.807) is 0 Å². The fraction of sp³-hybridized carbons (Fsp3) is 0.375. The van der Waals surface area contributed by atoms with Crippen molar-refractivity contribution in [3.05, 3.63) is 23.2 Å². The molecule has 0 amide bonds. The standard InChI is InChI=1S/C8H7ClFNO/c9-6-4-11-8(10)3-7(6)12-5-1-2-5/h3-5H,1-2H2. The zero-order valence-corrected chi connectivity index (χ0v) is 7.01. The summed E-state index contributed by atoms with van der Waals surface area (Å²) in [5.41, 5.74) is 0. The Morgan fingerprint density at radius 1 is 1.58 bits per heavy atom. The van der Waals surface area contributed by atoms with Gasteiger partial charge in [-0.25, -0.2) is 4.98 Å². The summed E-state index contributed by atoms with van der Waals surface area (Å²) in [4.78, 5) is 3.39. The van der Waals surface area contributed by atoms with Gasteiger partial charge in [-0.15, -0.1) is 0 Å². The molecule has 1 saturated carbocycles. The molecule has 1 aliphatic rings. The van der Waals surface area contributed by atoms with Crippen molar-refractivity contribution in [2.24, 2.45) is 0 Å². The fourth-order valence-electron chi connectivity index (χ4n) is 0.852. The molecule has 1 aromatic rings. The van der Waals surface area contributed by atoms with Crippen LogP contribution in [0.3, 0.4) is 0 Å². The van der Waals surface area contributed by atoms with E-state index in [2.05, 4.69) is 4.98 Å². The third-order valence-corrected chi connectivity index (χ3v) is 1.89. The first-order chi connectivity index (χ1) is 5.75. The van der Waals surface area contributed by atoms with Gasteiger partial charge in [-0.2, -0.15) is 4.39 Å². The van der Waals surface area contributed by atoms with E-state index < -0.39 is 5.95 Å². The smallest absolute Gasteiger partial charge is 0.216 e. The zero-order valence-electron chi connectivity index (χ0n) is 6.26. The quantitative estimate of drug-likeness (QED) is 0.664. The second kappa shape index (κ2) is 2.90. The second-order valence-corrected chi connectivity index (χ2v) is 3.16. The highest BCUT2D eigenvalue weighted by molar-refractivity contribution is 6.31. The molecular formula is C8H7ClFNO. The molecule has 2 nitrogen and oxygen atoms in total. The lowest BCUT2D eigenvalue weighted by molar-refractivity contribution is 0.301. The van der Waals surface area contributed by atoms with E-state index in [4.69, 9.17) is 16.3 Å². The maximum absolute atomic E-state index is 12.6. The van der Waals surface area contributed by atoms with Crippen molar-refractivity contribution in [3.63, 3.8) is 0 Å². The van der Waals surface area contributed by atoms with Gasteiger partial charge in [0.1, 0.15) is 10.8 Å².